The molecule has 5 nitrogen and oxygen atoms in total. The second kappa shape index (κ2) is 5.68. The number of nitriles is 1. The van der Waals surface area contributed by atoms with Gasteiger partial charge in [-0.25, -0.2) is 0 Å². The van der Waals surface area contributed by atoms with Crippen molar-refractivity contribution in [3.05, 3.63) is 0 Å². The number of hydrogen-bond donors (Lipinski definition) is 2. The van der Waals surface area contributed by atoms with Crippen molar-refractivity contribution in [3.63, 3.8) is 0 Å². The summed E-state index contributed by atoms with van der Waals surface area (Å²) in [4.78, 5) is 12.4. The van der Waals surface area contributed by atoms with Gasteiger partial charge in [-0.05, 0) is 32.1 Å². The van der Waals surface area contributed by atoms with Gasteiger partial charge in [-0.2, -0.15) is 5.26 Å². The number of ether oxygens (including phenoxy) is 1. The minimum atomic E-state index is -0.485. The van der Waals surface area contributed by atoms with E-state index in [1.807, 2.05) is 0 Å². The lowest BCUT2D eigenvalue weighted by Crippen LogP contribution is -2.52. The van der Waals surface area contributed by atoms with Crippen LogP contribution in [0.1, 0.15) is 32.1 Å². The molecule has 1 aliphatic carbocycles. The van der Waals surface area contributed by atoms with Crippen LogP contribution >= 0.6 is 0 Å². The van der Waals surface area contributed by atoms with E-state index in [-0.39, 0.29) is 17.9 Å². The van der Waals surface area contributed by atoms with Crippen molar-refractivity contribution in [2.24, 2.45) is 17.1 Å². The maximum absolute atomic E-state index is 12.4. The Morgan fingerprint density at radius 2 is 2.17 bits per heavy atom. The molecule has 0 spiro atoms. The van der Waals surface area contributed by atoms with Crippen molar-refractivity contribution in [1.82, 2.24) is 5.32 Å². The second-order valence-corrected chi connectivity index (χ2v) is 5.34. The minimum absolute atomic E-state index is 0.00812. The first-order valence-electron chi connectivity index (χ1n) is 6.70. The molecule has 3 N–H and O–H groups in total. The summed E-state index contributed by atoms with van der Waals surface area (Å²) in [6.45, 7) is 1.54. The quantitative estimate of drug-likeness (QED) is 0.766. The maximum Gasteiger partial charge on any atom is 0.227 e. The number of nitrogens with two attached hydrogens (primary N) is 1. The summed E-state index contributed by atoms with van der Waals surface area (Å²) in [5, 5.41) is 12.1. The maximum atomic E-state index is 12.4. The average Bonchev–Trinajstić information content (AvgIpc) is 2.86. The molecule has 0 aromatic rings. The van der Waals surface area contributed by atoms with Crippen molar-refractivity contribution in [1.29, 1.82) is 5.26 Å². The molecule has 1 heterocycles. The summed E-state index contributed by atoms with van der Waals surface area (Å²) in [5.74, 6) is -0.0240. The van der Waals surface area contributed by atoms with Crippen LogP contribution in [0.5, 0.6) is 0 Å². The van der Waals surface area contributed by atoms with Crippen LogP contribution in [0, 0.1) is 22.7 Å². The Bertz CT molecular complexity index is 345. The SMILES string of the molecule is N#CC1CCCC1NC(=O)C1(CN)CCOCC1. The lowest BCUT2D eigenvalue weighted by atomic mass is 9.79. The van der Waals surface area contributed by atoms with Crippen LogP contribution < -0.4 is 11.1 Å². The molecule has 5 heteroatoms. The van der Waals surface area contributed by atoms with E-state index in [9.17, 15) is 4.79 Å². The Morgan fingerprint density at radius 1 is 1.44 bits per heavy atom. The molecule has 1 amide bonds. The van der Waals surface area contributed by atoms with Gasteiger partial charge in [0.25, 0.3) is 0 Å². The molecule has 2 atom stereocenters. The van der Waals surface area contributed by atoms with E-state index in [0.717, 1.165) is 19.3 Å². The zero-order valence-corrected chi connectivity index (χ0v) is 10.7. The second-order valence-electron chi connectivity index (χ2n) is 5.34. The van der Waals surface area contributed by atoms with Gasteiger partial charge in [0.1, 0.15) is 0 Å². The number of carbonyl (C=O) groups excluding carboxylic acids is 1. The van der Waals surface area contributed by atoms with E-state index in [1.165, 1.54) is 0 Å². The van der Waals surface area contributed by atoms with Gasteiger partial charge < -0.3 is 15.8 Å². The zero-order chi connectivity index (χ0) is 13.0. The van der Waals surface area contributed by atoms with Gasteiger partial charge in [-0.1, -0.05) is 0 Å². The molecule has 1 saturated heterocycles. The minimum Gasteiger partial charge on any atom is -0.381 e. The van der Waals surface area contributed by atoms with E-state index < -0.39 is 5.41 Å². The molecular weight excluding hydrogens is 230 g/mol. The van der Waals surface area contributed by atoms with Gasteiger partial charge in [0, 0.05) is 25.8 Å². The van der Waals surface area contributed by atoms with E-state index in [1.54, 1.807) is 0 Å². The van der Waals surface area contributed by atoms with Crippen molar-refractivity contribution in [2.75, 3.05) is 19.8 Å². The number of carbonyl (C=O) groups is 1. The number of rotatable bonds is 3. The first-order chi connectivity index (χ1) is 8.72. The third-order valence-electron chi connectivity index (χ3n) is 4.32. The van der Waals surface area contributed by atoms with Crippen LogP contribution in [0.25, 0.3) is 0 Å². The van der Waals surface area contributed by atoms with E-state index in [0.29, 0.717) is 32.6 Å². The third-order valence-corrected chi connectivity index (χ3v) is 4.32. The third kappa shape index (κ3) is 2.50. The lowest BCUT2D eigenvalue weighted by Gasteiger charge is -2.35. The molecule has 100 valence electrons. The summed E-state index contributed by atoms with van der Waals surface area (Å²) < 4.78 is 5.30. The molecule has 0 radical (unpaired) electrons. The van der Waals surface area contributed by atoms with Crippen LogP contribution in [0.15, 0.2) is 0 Å². The molecule has 1 aliphatic heterocycles. The Balaban J connectivity index is 1.99. The summed E-state index contributed by atoms with van der Waals surface area (Å²) in [5.41, 5.74) is 5.31. The van der Waals surface area contributed by atoms with Crippen LogP contribution in [0.3, 0.4) is 0 Å². The first kappa shape index (κ1) is 13.3. The number of nitrogens with zero attached hydrogens (tertiary/aromatic N) is 1. The fourth-order valence-corrected chi connectivity index (χ4v) is 2.89. The summed E-state index contributed by atoms with van der Waals surface area (Å²) in [6.07, 6.45) is 4.17. The van der Waals surface area contributed by atoms with E-state index >= 15 is 0 Å². The predicted molar refractivity (Wildman–Crippen MR) is 66.4 cm³/mol. The lowest BCUT2D eigenvalue weighted by molar-refractivity contribution is -0.136. The standard InChI is InChI=1S/C13H21N3O2/c14-8-10-2-1-3-11(10)16-12(17)13(9-15)4-6-18-7-5-13/h10-11H,1-7,9,15H2,(H,16,17). The van der Waals surface area contributed by atoms with Crippen molar-refractivity contribution < 1.29 is 9.53 Å². The Kier molecular flexibility index (Phi) is 4.20. The molecule has 18 heavy (non-hydrogen) atoms. The van der Waals surface area contributed by atoms with Gasteiger partial charge in [0.05, 0.1) is 17.4 Å². The summed E-state index contributed by atoms with van der Waals surface area (Å²) >= 11 is 0. The molecule has 0 aromatic heterocycles. The molecule has 2 aliphatic rings. The summed E-state index contributed by atoms with van der Waals surface area (Å²) in [7, 11) is 0. The van der Waals surface area contributed by atoms with Gasteiger partial charge in [-0.3, -0.25) is 4.79 Å². The van der Waals surface area contributed by atoms with Crippen molar-refractivity contribution in [3.8, 4) is 6.07 Å². The average molecular weight is 251 g/mol. The predicted octanol–water partition coefficient (Wildman–Crippen LogP) is 0.550. The highest BCUT2D eigenvalue weighted by atomic mass is 16.5. The largest absolute Gasteiger partial charge is 0.381 e. The fourth-order valence-electron chi connectivity index (χ4n) is 2.89. The molecule has 2 fully saturated rings. The highest BCUT2D eigenvalue weighted by molar-refractivity contribution is 5.83. The fraction of sp³-hybridized carbons (Fsp3) is 0.846. The molecule has 1 saturated carbocycles. The van der Waals surface area contributed by atoms with Gasteiger partial charge >= 0.3 is 0 Å². The number of nitrogens with one attached hydrogen (secondary N) is 1. The van der Waals surface area contributed by atoms with E-state index in [4.69, 9.17) is 15.7 Å². The highest BCUT2D eigenvalue weighted by Gasteiger charge is 2.41. The monoisotopic (exact) mass is 251 g/mol. The molecular formula is C13H21N3O2. The Morgan fingerprint density at radius 3 is 2.78 bits per heavy atom. The summed E-state index contributed by atoms with van der Waals surface area (Å²) in [6, 6.07) is 2.29. The molecule has 0 aromatic carbocycles. The zero-order valence-electron chi connectivity index (χ0n) is 10.7. The van der Waals surface area contributed by atoms with Crippen LogP contribution in [0.4, 0.5) is 0 Å². The first-order valence-corrected chi connectivity index (χ1v) is 6.70. The van der Waals surface area contributed by atoms with E-state index in [2.05, 4.69) is 11.4 Å². The highest BCUT2D eigenvalue weighted by Crippen LogP contribution is 2.31. The molecule has 2 rings (SSSR count). The van der Waals surface area contributed by atoms with Crippen molar-refractivity contribution in [2.45, 2.75) is 38.1 Å². The van der Waals surface area contributed by atoms with Gasteiger partial charge in [0.2, 0.25) is 5.91 Å². The molecule has 0 bridgehead atoms. The number of hydrogen-bond acceptors (Lipinski definition) is 4. The van der Waals surface area contributed by atoms with Crippen LogP contribution in [0.2, 0.25) is 0 Å². The van der Waals surface area contributed by atoms with Gasteiger partial charge in [-0.15, -0.1) is 0 Å². The van der Waals surface area contributed by atoms with Gasteiger partial charge in [0.15, 0.2) is 0 Å². The Hall–Kier alpha value is -1.12. The molecule has 2 unspecified atom stereocenters. The Labute approximate surface area is 108 Å². The smallest absolute Gasteiger partial charge is 0.227 e. The number of amides is 1. The van der Waals surface area contributed by atoms with Crippen molar-refractivity contribution >= 4 is 5.91 Å². The topological polar surface area (TPSA) is 88.1 Å². The van der Waals surface area contributed by atoms with Crippen LogP contribution in [-0.2, 0) is 9.53 Å². The normalized spacial score (nSPS) is 30.7. The van der Waals surface area contributed by atoms with Crippen LogP contribution in [-0.4, -0.2) is 31.7 Å².